The molecule has 0 amide bonds. The van der Waals surface area contributed by atoms with E-state index in [0.29, 0.717) is 0 Å². The predicted octanol–water partition coefficient (Wildman–Crippen LogP) is 27.9. The van der Waals surface area contributed by atoms with Crippen molar-refractivity contribution < 1.29 is 0 Å². The Morgan fingerprint density at radius 2 is 0.306 bits per heavy atom. The van der Waals surface area contributed by atoms with Crippen LogP contribution in [0.3, 0.4) is 0 Å². The summed E-state index contributed by atoms with van der Waals surface area (Å²) in [4.78, 5) is 7.48. The highest BCUT2D eigenvalue weighted by Gasteiger charge is 2.54. The molecule has 0 aromatic heterocycles. The van der Waals surface area contributed by atoms with E-state index in [2.05, 4.69) is 627 Å². The van der Waals surface area contributed by atoms with Gasteiger partial charge in [0.25, 0.3) is 0 Å². The van der Waals surface area contributed by atoms with Crippen molar-refractivity contribution in [2.75, 3.05) is 14.7 Å². The highest BCUT2D eigenvalue weighted by molar-refractivity contribution is 7.24. The van der Waals surface area contributed by atoms with Crippen LogP contribution in [0.2, 0.25) is 0 Å². The lowest BCUT2D eigenvalue weighted by Crippen LogP contribution is -2.73. The largest absolute Gasteiger partial charge is 0.311 e. The normalized spacial score (nSPS) is 12.6. The summed E-state index contributed by atoms with van der Waals surface area (Å²) in [5.74, 6) is 0. The van der Waals surface area contributed by atoms with Crippen LogP contribution in [0.15, 0.2) is 613 Å². The zero-order valence-corrected chi connectivity index (χ0v) is 82.7. The molecular formula is C138H101N3Si3. The van der Waals surface area contributed by atoms with Gasteiger partial charge in [-0.25, -0.2) is 0 Å². The van der Waals surface area contributed by atoms with Crippen LogP contribution in [-0.2, 0) is 0 Å². The molecule has 3 aliphatic rings. The van der Waals surface area contributed by atoms with Gasteiger partial charge < -0.3 is 14.7 Å². The van der Waals surface area contributed by atoms with E-state index in [1.807, 2.05) is 0 Å². The molecule has 144 heavy (non-hydrogen) atoms. The van der Waals surface area contributed by atoms with Crippen LogP contribution in [-0.4, -0.2) is 24.2 Å². The van der Waals surface area contributed by atoms with Gasteiger partial charge in [-0.05, 0) is 231 Å². The highest BCUT2D eigenvalue weighted by atomic mass is 28.3. The predicted molar refractivity (Wildman–Crippen MR) is 618 cm³/mol. The van der Waals surface area contributed by atoms with E-state index < -0.39 is 24.2 Å². The summed E-state index contributed by atoms with van der Waals surface area (Å²) in [6.07, 6.45) is 0. The summed E-state index contributed by atoms with van der Waals surface area (Å²) in [5.41, 5.74) is 30.6. The number of para-hydroxylation sites is 3. The molecule has 3 aliphatic heterocycles. The molecule has 3 nitrogen and oxygen atoms in total. The van der Waals surface area contributed by atoms with Crippen molar-refractivity contribution in [1.29, 1.82) is 0 Å². The fraction of sp³-hybridized carbons (Fsp3) is 0. The molecule has 26 rings (SSSR count). The molecule has 0 radical (unpaired) electrons. The van der Waals surface area contributed by atoms with Crippen LogP contribution < -0.4 is 76.9 Å². The number of benzene rings is 23. The maximum absolute atomic E-state index is 2.82. The number of nitrogens with zero attached hydrogens (tertiary/aromatic N) is 3. The van der Waals surface area contributed by atoms with E-state index in [-0.39, 0.29) is 0 Å². The second kappa shape index (κ2) is 39.4. The minimum Gasteiger partial charge on any atom is -0.311 e. The Balaban J connectivity index is 0.000000117. The van der Waals surface area contributed by atoms with Gasteiger partial charge >= 0.3 is 0 Å². The van der Waals surface area contributed by atoms with Crippen molar-refractivity contribution in [3.05, 3.63) is 613 Å². The molecule has 0 saturated carbocycles. The van der Waals surface area contributed by atoms with E-state index in [0.717, 1.165) is 28.4 Å². The average molecular weight is 1890 g/mol. The van der Waals surface area contributed by atoms with E-state index in [1.54, 1.807) is 0 Å². The summed E-state index contributed by atoms with van der Waals surface area (Å²) < 4.78 is 0. The molecular weight excluding hydrogens is 1780 g/mol. The minimum atomic E-state index is -2.82. The third-order valence-electron chi connectivity index (χ3n) is 29.2. The summed E-state index contributed by atoms with van der Waals surface area (Å²) in [6, 6.07) is 225. The number of hydrogen-bond donors (Lipinski definition) is 0. The molecule has 0 bridgehead atoms. The second-order valence-electron chi connectivity index (χ2n) is 37.1. The molecule has 0 unspecified atom stereocenters. The van der Waals surface area contributed by atoms with E-state index in [4.69, 9.17) is 0 Å². The smallest absolute Gasteiger partial charge is 0.183 e. The molecule has 0 aliphatic carbocycles. The maximum atomic E-state index is 2.51. The van der Waals surface area contributed by atoms with Gasteiger partial charge in [0.05, 0.1) is 5.69 Å². The topological polar surface area (TPSA) is 9.72 Å². The first kappa shape index (κ1) is 88.8. The molecule has 680 valence electrons. The first-order valence-electron chi connectivity index (χ1n) is 49.8. The molecule has 3 heterocycles. The molecule has 0 saturated heterocycles. The lowest BCUT2D eigenvalue weighted by molar-refractivity contribution is 1.29. The Labute approximate surface area is 847 Å². The monoisotopic (exact) mass is 1880 g/mol. The van der Waals surface area contributed by atoms with Crippen molar-refractivity contribution in [2.45, 2.75) is 0 Å². The van der Waals surface area contributed by atoms with Crippen molar-refractivity contribution in [3.8, 4) is 89.0 Å². The fourth-order valence-electron chi connectivity index (χ4n) is 23.1. The Kier molecular flexibility index (Phi) is 24.3. The zero-order valence-electron chi connectivity index (χ0n) is 79.7. The van der Waals surface area contributed by atoms with Gasteiger partial charge in [0, 0.05) is 51.1 Å². The molecule has 0 spiro atoms. The SMILES string of the molecule is c1ccc(-c2ccc(-c3ccc(N(c4cccc(-c5ccccc5)c4)c4cccc5c4[Si](c4ccccc4)(c4ccccc4)c4ccccc4-5)cc3)cc2)cc1.c1ccc(-c2cccc(N(c3ccccc3)c3cccc4c3[Si](c3ccccc3)(c3ccccc3)c3ccccc3-4)c2)cc1.c1ccc(-c2ccccc2N(c2ccccc2)c2cccc3c2[Si](c2ccccc2)(c2ccccc2)c2ccccc2-3)cc1. The first-order valence-corrected chi connectivity index (χ1v) is 55.8. The third-order valence-corrected chi connectivity index (χ3v) is 44.0. The van der Waals surface area contributed by atoms with Crippen LogP contribution in [0.5, 0.6) is 0 Å². The van der Waals surface area contributed by atoms with E-state index in [1.165, 1.54) is 174 Å². The quantitative estimate of drug-likeness (QED) is 0.0704. The number of fused-ring (bicyclic) bond motifs is 9. The minimum absolute atomic E-state index is 1.12. The Morgan fingerprint density at radius 1 is 0.111 bits per heavy atom. The summed E-state index contributed by atoms with van der Waals surface area (Å²) in [6.45, 7) is 0. The van der Waals surface area contributed by atoms with Crippen molar-refractivity contribution in [3.63, 3.8) is 0 Å². The van der Waals surface area contributed by atoms with Gasteiger partial charge in [-0.1, -0.05) is 528 Å². The van der Waals surface area contributed by atoms with Gasteiger partial charge in [0.1, 0.15) is 0 Å². The van der Waals surface area contributed by atoms with Gasteiger partial charge in [0.2, 0.25) is 0 Å². The Hall–Kier alpha value is -17.9. The molecule has 0 N–H and O–H groups in total. The Bertz CT molecular complexity index is 8330. The van der Waals surface area contributed by atoms with Crippen LogP contribution in [0.4, 0.5) is 51.2 Å². The van der Waals surface area contributed by atoms with Gasteiger partial charge in [-0.3, -0.25) is 0 Å². The molecule has 0 atom stereocenters. The third kappa shape index (κ3) is 15.9. The van der Waals surface area contributed by atoms with Crippen LogP contribution in [0.1, 0.15) is 0 Å². The molecule has 23 aromatic carbocycles. The lowest BCUT2D eigenvalue weighted by atomic mass is 9.99. The maximum Gasteiger partial charge on any atom is 0.183 e. The van der Waals surface area contributed by atoms with Gasteiger partial charge in [0.15, 0.2) is 24.2 Å². The van der Waals surface area contributed by atoms with Gasteiger partial charge in [-0.2, -0.15) is 0 Å². The zero-order chi connectivity index (χ0) is 96.0. The Morgan fingerprint density at radius 3 is 0.625 bits per heavy atom. The van der Waals surface area contributed by atoms with Crippen LogP contribution in [0, 0.1) is 0 Å². The average Bonchev–Trinajstić information content (AvgIpc) is 1.54. The van der Waals surface area contributed by atoms with Crippen molar-refractivity contribution in [1.82, 2.24) is 0 Å². The first-order chi connectivity index (χ1) is 71.5. The van der Waals surface area contributed by atoms with Crippen molar-refractivity contribution in [2.24, 2.45) is 0 Å². The number of anilines is 9. The van der Waals surface area contributed by atoms with Crippen LogP contribution in [0.25, 0.3) is 89.0 Å². The molecule has 23 aromatic rings. The van der Waals surface area contributed by atoms with Gasteiger partial charge in [-0.15, -0.1) is 0 Å². The van der Waals surface area contributed by atoms with E-state index >= 15 is 0 Å². The summed E-state index contributed by atoms with van der Waals surface area (Å²) >= 11 is 0. The molecule has 0 fully saturated rings. The summed E-state index contributed by atoms with van der Waals surface area (Å²) in [5, 5.41) is 17.0. The number of rotatable bonds is 20. The highest BCUT2D eigenvalue weighted by Crippen LogP contribution is 2.48. The lowest BCUT2D eigenvalue weighted by Gasteiger charge is -2.36. The van der Waals surface area contributed by atoms with Crippen LogP contribution >= 0.6 is 0 Å². The van der Waals surface area contributed by atoms with Crippen molar-refractivity contribution >= 4 is 138 Å². The van der Waals surface area contributed by atoms with E-state index in [9.17, 15) is 0 Å². The standard InChI is InChI=1S/C54H39NSi.2C42H31NSi/c1-5-17-40(18-6-1)42-31-33-43(34-32-42)44-35-37-46(38-36-44)55(47-22-15-21-45(39-47)41-19-7-2-8-20-41)52-29-16-28-51-50-27-13-14-30-53(50)56(54(51)52,48-23-9-3-10-24-48)49-25-11-4-12-26-49;1-5-18-32(19-6-1)36-26-13-15-29-39(36)43(33-20-7-2-8-21-33)40-30-17-28-38-37-27-14-16-31-41(37)44(42(38)40,34-22-9-3-10-23-34)35-24-11-4-12-25-35;1-5-17-32(18-6-1)33-19-15-22-35(31-33)43(34-20-7-2-8-21-34)40-29-16-28-39-38-27-13-14-30-41(38)44(42(39)40,36-23-9-3-10-24-36)37-25-11-4-12-26-37/h1-39H;2*1-31H. The molecule has 6 heteroatoms. The fourth-order valence-corrected chi connectivity index (χ4v) is 39.2. The second-order valence-corrected chi connectivity index (χ2v) is 48.1. The summed E-state index contributed by atoms with van der Waals surface area (Å²) in [7, 11) is -8.27. The number of hydrogen-bond acceptors (Lipinski definition) is 3.